The van der Waals surface area contributed by atoms with Crippen LogP contribution in [-0.2, 0) is 10.9 Å². The van der Waals surface area contributed by atoms with Gasteiger partial charge in [-0.15, -0.1) is 0 Å². The molecule has 9 nitrogen and oxygen atoms in total. The van der Waals surface area contributed by atoms with E-state index in [1.54, 1.807) is 36.1 Å². The van der Waals surface area contributed by atoms with Crippen LogP contribution < -0.4 is 15.6 Å². The Balaban J connectivity index is 1.43. The Morgan fingerprint density at radius 1 is 1.08 bits per heavy atom. The van der Waals surface area contributed by atoms with Crippen molar-refractivity contribution < 1.29 is 22.3 Å². The average Bonchev–Trinajstić information content (AvgIpc) is 2.94. The van der Waals surface area contributed by atoms with Crippen molar-refractivity contribution in [2.75, 3.05) is 49.0 Å². The molecule has 0 saturated carbocycles. The molecule has 0 unspecified atom stereocenters. The van der Waals surface area contributed by atoms with Crippen molar-refractivity contribution in [3.63, 3.8) is 0 Å². The van der Waals surface area contributed by atoms with Crippen LogP contribution in [-0.4, -0.2) is 60.2 Å². The van der Waals surface area contributed by atoms with E-state index in [0.717, 1.165) is 12.3 Å². The second-order valence-corrected chi connectivity index (χ2v) is 8.30. The number of hydrazone groups is 1. The minimum atomic E-state index is -4.56. The zero-order chi connectivity index (χ0) is 27.8. The fourth-order valence-electron chi connectivity index (χ4n) is 3.81. The van der Waals surface area contributed by atoms with Gasteiger partial charge in [-0.25, -0.2) is 14.8 Å². The molecule has 0 spiro atoms. The largest absolute Gasteiger partial charge is 0.417 e. The number of anilines is 4. The number of halogens is 4. The number of ether oxygens (including phenoxy) is 1. The smallest absolute Gasteiger partial charge is 0.378 e. The van der Waals surface area contributed by atoms with Gasteiger partial charge in [0, 0.05) is 31.4 Å². The van der Waals surface area contributed by atoms with Crippen molar-refractivity contribution >= 4 is 35.1 Å². The lowest BCUT2D eigenvalue weighted by molar-refractivity contribution is -0.137. The first-order chi connectivity index (χ1) is 18.8. The Kier molecular flexibility index (Phi) is 8.81. The Hall–Kier alpha value is -4.39. The minimum Gasteiger partial charge on any atom is -0.378 e. The van der Waals surface area contributed by atoms with Gasteiger partial charge in [0.25, 0.3) is 0 Å². The summed E-state index contributed by atoms with van der Waals surface area (Å²) < 4.78 is 60.7. The molecule has 0 amide bonds. The molecule has 39 heavy (non-hydrogen) atoms. The topological polar surface area (TPSA) is 99.9 Å². The van der Waals surface area contributed by atoms with E-state index in [4.69, 9.17) is 4.74 Å². The van der Waals surface area contributed by atoms with Crippen LogP contribution in [0, 0.1) is 5.82 Å². The van der Waals surface area contributed by atoms with Crippen LogP contribution in [0.2, 0.25) is 0 Å². The van der Waals surface area contributed by atoms with Gasteiger partial charge in [0.15, 0.2) is 11.6 Å². The van der Waals surface area contributed by atoms with Crippen LogP contribution in [0.15, 0.2) is 65.0 Å². The van der Waals surface area contributed by atoms with Crippen LogP contribution in [0.25, 0.3) is 0 Å². The summed E-state index contributed by atoms with van der Waals surface area (Å²) in [6.45, 7) is 3.73. The van der Waals surface area contributed by atoms with Gasteiger partial charge < -0.3 is 15.0 Å². The summed E-state index contributed by atoms with van der Waals surface area (Å²) in [5.74, 6) is -0.256. The molecule has 1 saturated heterocycles. The van der Waals surface area contributed by atoms with Gasteiger partial charge in [0.1, 0.15) is 0 Å². The Morgan fingerprint density at radius 3 is 2.51 bits per heavy atom. The van der Waals surface area contributed by atoms with E-state index in [1.165, 1.54) is 31.6 Å². The van der Waals surface area contributed by atoms with Crippen LogP contribution >= 0.6 is 0 Å². The third-order valence-electron chi connectivity index (χ3n) is 5.64. The van der Waals surface area contributed by atoms with Crippen LogP contribution in [0.5, 0.6) is 0 Å². The lowest BCUT2D eigenvalue weighted by Gasteiger charge is -2.27. The molecule has 1 aliphatic heterocycles. The third-order valence-corrected chi connectivity index (χ3v) is 5.64. The highest BCUT2D eigenvalue weighted by Gasteiger charge is 2.34. The zero-order valence-corrected chi connectivity index (χ0v) is 21.2. The second-order valence-electron chi connectivity index (χ2n) is 8.30. The number of nitrogens with one attached hydrogen (secondary N) is 2. The fraction of sp³-hybridized carbons (Fsp3) is 0.269. The van der Waals surface area contributed by atoms with E-state index >= 15 is 0 Å². The van der Waals surface area contributed by atoms with E-state index in [1.807, 2.05) is 0 Å². The number of benzene rings is 1. The van der Waals surface area contributed by atoms with Crippen molar-refractivity contribution in [1.82, 2.24) is 15.0 Å². The first-order valence-corrected chi connectivity index (χ1v) is 12.0. The number of hydrogen-bond acceptors (Lipinski definition) is 9. The van der Waals surface area contributed by atoms with Gasteiger partial charge in [0.05, 0.1) is 54.5 Å². The van der Waals surface area contributed by atoms with E-state index in [-0.39, 0.29) is 28.7 Å². The summed E-state index contributed by atoms with van der Waals surface area (Å²) in [5.41, 5.74) is 3.27. The van der Waals surface area contributed by atoms with Crippen molar-refractivity contribution in [1.29, 1.82) is 0 Å². The minimum absolute atomic E-state index is 0.00645. The molecule has 2 aromatic heterocycles. The number of rotatable bonds is 8. The normalized spacial score (nSPS) is 14.8. The standard InChI is InChI=1S/C26H26F4N8O/c1-3-4-23(31-2)20-8-7-17(13-21(20)26(28,29)30)35-19-6-5-18(32-14-19)15-34-37-25-33-16-22(27)24(36-25)38-9-11-39-12-10-38/h3-8,13-16,35H,9-12H2,1-2H3,(H,33,36,37)/b4-3-,31-23?,34-15+. The lowest BCUT2D eigenvalue weighted by atomic mass is 10.0. The molecule has 204 valence electrons. The quantitative estimate of drug-likeness (QED) is 0.233. The molecule has 0 bridgehead atoms. The fourth-order valence-corrected chi connectivity index (χ4v) is 3.81. The number of aliphatic imine (C=N–C) groups is 1. The molecule has 3 heterocycles. The maximum atomic E-state index is 14.2. The molecule has 1 fully saturated rings. The number of allylic oxidation sites excluding steroid dienone is 2. The van der Waals surface area contributed by atoms with Crippen molar-refractivity contribution in [2.45, 2.75) is 13.1 Å². The monoisotopic (exact) mass is 542 g/mol. The first-order valence-electron chi connectivity index (χ1n) is 12.0. The zero-order valence-electron chi connectivity index (χ0n) is 21.2. The van der Waals surface area contributed by atoms with E-state index < -0.39 is 17.6 Å². The Bertz CT molecular complexity index is 1370. The van der Waals surface area contributed by atoms with Crippen LogP contribution in [0.1, 0.15) is 23.7 Å². The number of alkyl halides is 3. The number of hydrogen-bond donors (Lipinski definition) is 2. The summed E-state index contributed by atoms with van der Waals surface area (Å²) in [6.07, 6.45) is 2.55. The predicted molar refractivity (Wildman–Crippen MR) is 142 cm³/mol. The van der Waals surface area contributed by atoms with E-state index in [0.29, 0.717) is 37.7 Å². The number of pyridine rings is 1. The molecule has 1 aliphatic rings. The van der Waals surface area contributed by atoms with Gasteiger partial charge in [-0.1, -0.05) is 12.1 Å². The number of morpholine rings is 1. The van der Waals surface area contributed by atoms with Gasteiger partial charge in [-0.2, -0.15) is 23.3 Å². The molecule has 0 atom stereocenters. The molecule has 1 aromatic carbocycles. The number of nitrogens with zero attached hydrogens (tertiary/aromatic N) is 6. The molecule has 4 rings (SSSR count). The summed E-state index contributed by atoms with van der Waals surface area (Å²) in [5, 5.41) is 6.97. The third kappa shape index (κ3) is 7.13. The highest BCUT2D eigenvalue weighted by Crippen LogP contribution is 2.35. The molecule has 2 N–H and O–H groups in total. The van der Waals surface area contributed by atoms with Crippen molar-refractivity contribution in [3.05, 3.63) is 77.5 Å². The van der Waals surface area contributed by atoms with Crippen LogP contribution in [0.3, 0.4) is 0 Å². The highest BCUT2D eigenvalue weighted by molar-refractivity contribution is 6.10. The maximum absolute atomic E-state index is 14.2. The molecule has 0 radical (unpaired) electrons. The molecule has 0 aliphatic carbocycles. The molecule has 13 heteroatoms. The summed E-state index contributed by atoms with van der Waals surface area (Å²) >= 11 is 0. The van der Waals surface area contributed by atoms with Gasteiger partial charge in [-0.05, 0) is 37.3 Å². The Morgan fingerprint density at radius 2 is 1.85 bits per heavy atom. The van der Waals surface area contributed by atoms with Crippen molar-refractivity contribution in [3.8, 4) is 0 Å². The van der Waals surface area contributed by atoms with Gasteiger partial charge >= 0.3 is 6.18 Å². The van der Waals surface area contributed by atoms with Gasteiger partial charge in [0.2, 0.25) is 5.95 Å². The second kappa shape index (κ2) is 12.4. The maximum Gasteiger partial charge on any atom is 0.417 e. The molecular formula is C26H26F4N8O. The Labute approximate surface area is 222 Å². The average molecular weight is 543 g/mol. The van der Waals surface area contributed by atoms with E-state index in [2.05, 4.69) is 35.8 Å². The SMILES string of the molecule is C/C=C\C(=NC)c1ccc(Nc2ccc(/C=N/Nc3ncc(F)c(N4CCOCC4)n3)nc2)cc1C(F)(F)F. The number of aromatic nitrogens is 3. The summed E-state index contributed by atoms with van der Waals surface area (Å²) in [7, 11) is 1.45. The molecule has 3 aromatic rings. The first kappa shape index (κ1) is 27.6. The highest BCUT2D eigenvalue weighted by atomic mass is 19.4. The molecular weight excluding hydrogens is 516 g/mol. The van der Waals surface area contributed by atoms with Gasteiger partial charge in [-0.3, -0.25) is 9.98 Å². The van der Waals surface area contributed by atoms with Crippen LogP contribution in [0.4, 0.5) is 40.7 Å². The van der Waals surface area contributed by atoms with Crippen molar-refractivity contribution in [2.24, 2.45) is 10.1 Å². The summed E-state index contributed by atoms with van der Waals surface area (Å²) in [4.78, 5) is 18.1. The lowest BCUT2D eigenvalue weighted by Crippen LogP contribution is -2.37. The van der Waals surface area contributed by atoms with E-state index in [9.17, 15) is 17.6 Å². The predicted octanol–water partition coefficient (Wildman–Crippen LogP) is 5.05. The summed E-state index contributed by atoms with van der Waals surface area (Å²) in [6, 6.07) is 7.25.